The van der Waals surface area contributed by atoms with E-state index in [1.165, 1.54) is 46.6 Å². The molecule has 1 fully saturated rings. The predicted octanol–water partition coefficient (Wildman–Crippen LogP) is 1.27. The van der Waals surface area contributed by atoms with Crippen molar-refractivity contribution < 1.29 is 56.8 Å². The molecule has 3 aliphatic rings. The van der Waals surface area contributed by atoms with E-state index >= 15 is 0 Å². The summed E-state index contributed by atoms with van der Waals surface area (Å²) in [6.45, 7) is 4.41. The maximum Gasteiger partial charge on any atom is -1.00 e. The van der Waals surface area contributed by atoms with Gasteiger partial charge in [0.25, 0.3) is 0 Å². The Kier molecular flexibility index (Phi) is 11.2. The summed E-state index contributed by atoms with van der Waals surface area (Å²) < 4.78 is 29.6. The minimum absolute atomic E-state index is 0. The number of halogens is 4. The van der Waals surface area contributed by atoms with Gasteiger partial charge < -0.3 is 24.8 Å². The quantitative estimate of drug-likeness (QED) is 0.479. The van der Waals surface area contributed by atoms with Crippen molar-refractivity contribution in [3.05, 3.63) is 101 Å². The third kappa shape index (κ3) is 6.98. The third-order valence-electron chi connectivity index (χ3n) is 6.35. The first kappa shape index (κ1) is 28.2. The first-order valence-electron chi connectivity index (χ1n) is 11.1. The first-order valence-corrected chi connectivity index (χ1v) is 15.6. The summed E-state index contributed by atoms with van der Waals surface area (Å²) in [5.74, 6) is -0.386. The zero-order valence-corrected chi connectivity index (χ0v) is 24.4. The smallest absolute Gasteiger partial charge is 1.00 e. The van der Waals surface area contributed by atoms with Crippen LogP contribution in [0, 0.1) is 11.6 Å². The van der Waals surface area contributed by atoms with Crippen molar-refractivity contribution in [2.45, 2.75) is 45.2 Å². The molecule has 1 aliphatic heterocycles. The molecule has 1 heterocycles. The fourth-order valence-electron chi connectivity index (χ4n) is 4.00. The van der Waals surface area contributed by atoms with E-state index in [1.807, 2.05) is 24.3 Å². The van der Waals surface area contributed by atoms with Gasteiger partial charge in [-0.05, 0) is 0 Å². The second-order valence-electron chi connectivity index (χ2n) is 8.40. The van der Waals surface area contributed by atoms with Gasteiger partial charge in [0.05, 0.1) is 0 Å². The van der Waals surface area contributed by atoms with Crippen molar-refractivity contribution in [3.8, 4) is 0 Å². The molecule has 1 saturated heterocycles. The normalized spacial score (nSPS) is 16.5. The van der Waals surface area contributed by atoms with Gasteiger partial charge in [0.2, 0.25) is 0 Å². The van der Waals surface area contributed by atoms with Gasteiger partial charge in [-0.1, -0.05) is 18.5 Å². The van der Waals surface area contributed by atoms with Crippen LogP contribution in [0.1, 0.15) is 44.2 Å². The average molecular weight is 581 g/mol. The Labute approximate surface area is 222 Å². The van der Waals surface area contributed by atoms with Gasteiger partial charge >= 0.3 is 171 Å². The average Bonchev–Trinajstić information content (AvgIpc) is 3.26. The van der Waals surface area contributed by atoms with Crippen LogP contribution in [-0.2, 0) is 23.2 Å². The zero-order valence-electron chi connectivity index (χ0n) is 19.0. The van der Waals surface area contributed by atoms with Crippen LogP contribution in [0.2, 0.25) is 12.1 Å². The van der Waals surface area contributed by atoms with E-state index in [4.69, 9.17) is 0 Å². The Balaban J connectivity index is 0.000000582. The molecule has 2 aromatic rings. The van der Waals surface area contributed by atoms with Crippen molar-refractivity contribution in [3.63, 3.8) is 0 Å². The summed E-state index contributed by atoms with van der Waals surface area (Å²) in [7, 11) is 0.605. The minimum atomic E-state index is -0.842. The number of rotatable bonds is 4. The fraction of sp³-hybridized carbons (Fsp3) is 0.259. The second-order valence-corrected chi connectivity index (χ2v) is 14.1. The van der Waals surface area contributed by atoms with Gasteiger partial charge in [-0.25, -0.2) is 0 Å². The Hall–Kier alpha value is -1.06. The molecule has 0 radical (unpaired) electrons. The van der Waals surface area contributed by atoms with Gasteiger partial charge in [-0.3, -0.25) is 0 Å². The molecule has 0 nitrogen and oxygen atoms in total. The van der Waals surface area contributed by atoms with Gasteiger partial charge in [0, 0.05) is 9.52 Å². The SMILES string of the molecule is C1C[SiH2]C1.CC1=[C]([Zr+2][C]2=C(C)C(c3ccc(F)cc3)=CC2)CC=C1c1ccc(F)cc1.[Cl-].[Cl-]. The Bertz CT molecular complexity index is 993. The zero-order chi connectivity index (χ0) is 21.8. The summed E-state index contributed by atoms with van der Waals surface area (Å²) in [6.07, 6.45) is 8.18. The largest absolute Gasteiger partial charge is 1.00 e. The van der Waals surface area contributed by atoms with Crippen molar-refractivity contribution in [1.82, 2.24) is 0 Å². The van der Waals surface area contributed by atoms with Crippen LogP contribution >= 0.6 is 0 Å². The molecule has 0 atom stereocenters. The van der Waals surface area contributed by atoms with Crippen molar-refractivity contribution in [1.29, 1.82) is 0 Å². The summed E-state index contributed by atoms with van der Waals surface area (Å²) in [4.78, 5) is 0. The molecule has 172 valence electrons. The van der Waals surface area contributed by atoms with E-state index < -0.39 is 23.2 Å². The van der Waals surface area contributed by atoms with Crippen molar-refractivity contribution >= 4 is 20.7 Å². The maximum atomic E-state index is 13.2. The standard InChI is InChI=1S/2C12H10F.C3H8Si.2ClH.Zr/c2*1-9-3-2-4-12(9)10-5-7-11(13)8-6-10;1-2-4-3-1;;;/h2*4-8H,2H2,1H3;1-4H2;2*1H;/q;;;;;+2/p-2. The molecule has 2 aromatic carbocycles. The van der Waals surface area contributed by atoms with Crippen LogP contribution in [0.15, 0.2) is 78.4 Å². The summed E-state index contributed by atoms with van der Waals surface area (Å²) in [5, 5.41) is 0. The molecule has 6 heteroatoms. The molecule has 0 bridgehead atoms. The Morgan fingerprint density at radius 1 is 0.667 bits per heavy atom. The van der Waals surface area contributed by atoms with E-state index in [0.717, 1.165) is 24.0 Å². The van der Waals surface area contributed by atoms with E-state index in [2.05, 4.69) is 26.0 Å². The number of benzene rings is 2. The van der Waals surface area contributed by atoms with Crippen LogP contribution in [0.5, 0.6) is 0 Å². The molecule has 0 saturated carbocycles. The van der Waals surface area contributed by atoms with E-state index in [-0.39, 0.29) is 36.4 Å². The number of allylic oxidation sites excluding steroid dienone is 8. The van der Waals surface area contributed by atoms with E-state index in [1.54, 1.807) is 25.1 Å². The molecule has 5 rings (SSSR count). The third-order valence-corrected chi connectivity index (χ3v) is 12.7. The Morgan fingerprint density at radius 3 is 1.30 bits per heavy atom. The monoisotopic (exact) mass is 578 g/mol. The number of hydrogen-bond donors (Lipinski definition) is 0. The Morgan fingerprint density at radius 2 is 1.00 bits per heavy atom. The molecule has 0 aromatic heterocycles. The van der Waals surface area contributed by atoms with Crippen molar-refractivity contribution in [2.24, 2.45) is 0 Å². The minimum Gasteiger partial charge on any atom is -1.00 e. The van der Waals surface area contributed by atoms with Crippen LogP contribution in [0.4, 0.5) is 8.78 Å². The van der Waals surface area contributed by atoms with Gasteiger partial charge in [-0.2, -0.15) is 0 Å². The van der Waals surface area contributed by atoms with Crippen LogP contribution < -0.4 is 24.8 Å². The molecular formula is C27H28Cl2F2SiZr. The number of hydrogen-bond acceptors (Lipinski definition) is 0. The van der Waals surface area contributed by atoms with Gasteiger partial charge in [0.1, 0.15) is 0 Å². The second kappa shape index (κ2) is 13.1. The first-order chi connectivity index (χ1) is 15.0. The van der Waals surface area contributed by atoms with E-state index in [0.29, 0.717) is 9.52 Å². The van der Waals surface area contributed by atoms with Crippen LogP contribution in [-0.4, -0.2) is 9.52 Å². The molecule has 0 amide bonds. The van der Waals surface area contributed by atoms with Crippen LogP contribution in [0.25, 0.3) is 11.1 Å². The summed E-state index contributed by atoms with van der Waals surface area (Å²) >= 11 is -0.842. The van der Waals surface area contributed by atoms with Crippen molar-refractivity contribution in [2.75, 3.05) is 0 Å². The molecule has 0 N–H and O–H groups in total. The van der Waals surface area contributed by atoms with Gasteiger partial charge in [0.15, 0.2) is 0 Å². The predicted molar refractivity (Wildman–Crippen MR) is 126 cm³/mol. The molecule has 0 unspecified atom stereocenters. The van der Waals surface area contributed by atoms with E-state index in [9.17, 15) is 8.78 Å². The maximum absolute atomic E-state index is 13.2. The topological polar surface area (TPSA) is 0 Å². The summed E-state index contributed by atoms with van der Waals surface area (Å²) in [5.41, 5.74) is 7.48. The molecule has 0 spiro atoms. The van der Waals surface area contributed by atoms with Gasteiger partial charge in [-0.15, -0.1) is 0 Å². The molecular weight excluding hydrogens is 553 g/mol. The van der Waals surface area contributed by atoms with Crippen LogP contribution in [0.3, 0.4) is 0 Å². The molecule has 2 aliphatic carbocycles. The molecule has 33 heavy (non-hydrogen) atoms. The fourth-order valence-corrected chi connectivity index (χ4v) is 7.98. The summed E-state index contributed by atoms with van der Waals surface area (Å²) in [6, 6.07) is 16.9.